The lowest BCUT2D eigenvalue weighted by Crippen LogP contribution is -2.39. The highest BCUT2D eigenvalue weighted by Crippen LogP contribution is 2.24. The summed E-state index contributed by atoms with van der Waals surface area (Å²) in [6, 6.07) is 0. The average molecular weight is 458 g/mol. The molecule has 0 aliphatic carbocycles. The minimum absolute atomic E-state index is 0.0694. The molecule has 0 aliphatic rings. The van der Waals surface area contributed by atoms with Gasteiger partial charge in [-0.3, -0.25) is 4.90 Å². The second kappa shape index (κ2) is 21.4. The zero-order chi connectivity index (χ0) is 24.1. The van der Waals surface area contributed by atoms with Gasteiger partial charge in [0.1, 0.15) is 0 Å². The Labute approximate surface area is 187 Å². The van der Waals surface area contributed by atoms with Gasteiger partial charge >= 0.3 is 0 Å². The van der Waals surface area contributed by atoms with E-state index in [0.29, 0.717) is 39.5 Å². The fourth-order valence-corrected chi connectivity index (χ4v) is 2.53. The molecular weight excluding hydrogens is 410 g/mol. The van der Waals surface area contributed by atoms with Gasteiger partial charge < -0.3 is 44.8 Å². The molecule has 10 heteroatoms. The number of hydrogen-bond donors (Lipinski definition) is 6. The average Bonchev–Trinajstić information content (AvgIpc) is 2.68. The first-order chi connectivity index (χ1) is 14.7. The summed E-state index contributed by atoms with van der Waals surface area (Å²) in [6.45, 7) is 10.7. The summed E-state index contributed by atoms with van der Waals surface area (Å²) in [5, 5.41) is 53.3. The molecule has 0 aromatic rings. The summed E-state index contributed by atoms with van der Waals surface area (Å²) in [7, 11) is 0. The Morgan fingerprint density at radius 2 is 0.935 bits per heavy atom. The summed E-state index contributed by atoms with van der Waals surface area (Å²) in [4.78, 5) is 1.79. The van der Waals surface area contributed by atoms with E-state index in [4.69, 9.17) is 29.5 Å². The lowest BCUT2D eigenvalue weighted by molar-refractivity contribution is -0.0968. The fourth-order valence-electron chi connectivity index (χ4n) is 2.53. The summed E-state index contributed by atoms with van der Waals surface area (Å²) in [6.07, 6.45) is -0.782. The molecule has 0 fully saturated rings. The molecule has 0 heterocycles. The highest BCUT2D eigenvalue weighted by atomic mass is 16.5. The van der Waals surface area contributed by atoms with Crippen molar-refractivity contribution >= 4 is 0 Å². The highest BCUT2D eigenvalue weighted by molar-refractivity contribution is 4.78. The van der Waals surface area contributed by atoms with Crippen molar-refractivity contribution in [2.75, 3.05) is 79.1 Å². The first-order valence-electron chi connectivity index (χ1n) is 11.0. The van der Waals surface area contributed by atoms with Crippen LogP contribution in [0.2, 0.25) is 0 Å². The van der Waals surface area contributed by atoms with E-state index in [2.05, 4.69) is 0 Å². The molecule has 10 nitrogen and oxygen atoms in total. The van der Waals surface area contributed by atoms with E-state index in [9.17, 15) is 15.3 Å². The predicted molar refractivity (Wildman–Crippen MR) is 118 cm³/mol. The lowest BCUT2D eigenvalue weighted by atomic mass is 9.88. The molecule has 31 heavy (non-hydrogen) atoms. The Morgan fingerprint density at radius 1 is 0.645 bits per heavy atom. The van der Waals surface area contributed by atoms with Gasteiger partial charge in [0.25, 0.3) is 0 Å². The molecule has 0 saturated carbocycles. The first kappa shape index (κ1) is 32.8. The minimum Gasteiger partial charge on any atom is -0.395 e. The third kappa shape index (κ3) is 21.2. The summed E-state index contributed by atoms with van der Waals surface area (Å²) < 4.78 is 16.6. The Hall–Kier alpha value is -0.400. The summed E-state index contributed by atoms with van der Waals surface area (Å²) in [5.41, 5.74) is -0.349. The quantitative estimate of drug-likeness (QED) is 0.140. The molecule has 0 spiro atoms. The monoisotopic (exact) mass is 457 g/mol. The number of aliphatic hydroxyl groups excluding tert-OH is 6. The van der Waals surface area contributed by atoms with Crippen molar-refractivity contribution in [3.05, 3.63) is 0 Å². The zero-order valence-corrected chi connectivity index (χ0v) is 19.8. The molecular formula is C21H47NO9. The van der Waals surface area contributed by atoms with Gasteiger partial charge in [-0.05, 0) is 27.2 Å². The second-order valence-electron chi connectivity index (χ2n) is 7.96. The number of rotatable bonds is 19. The van der Waals surface area contributed by atoms with Crippen molar-refractivity contribution in [1.29, 1.82) is 0 Å². The largest absolute Gasteiger partial charge is 0.395 e. The van der Waals surface area contributed by atoms with Crippen molar-refractivity contribution in [1.82, 2.24) is 4.90 Å². The van der Waals surface area contributed by atoms with E-state index in [1.54, 1.807) is 25.7 Å². The van der Waals surface area contributed by atoms with Crippen LogP contribution in [-0.2, 0) is 14.2 Å². The van der Waals surface area contributed by atoms with E-state index >= 15 is 0 Å². The van der Waals surface area contributed by atoms with E-state index in [0.717, 1.165) is 6.42 Å². The standard InChI is InChI=1S/C15H32O6.C6H15NO3/c1-5-15(9-19-6-12(2)16,10-20-7-13(3)17)11-21-8-14(4)18;8-4-1-7(2-5-9)3-6-10/h12-14,16-18H,5-11H2,1-4H3;8-10H,1-6H2. The van der Waals surface area contributed by atoms with Crippen molar-refractivity contribution in [2.45, 2.75) is 52.4 Å². The third-order valence-electron chi connectivity index (χ3n) is 4.30. The van der Waals surface area contributed by atoms with Crippen molar-refractivity contribution in [2.24, 2.45) is 5.41 Å². The van der Waals surface area contributed by atoms with E-state index in [1.165, 1.54) is 0 Å². The SMILES string of the molecule is CCC(COCC(C)O)(COCC(C)O)COCC(C)O.OCCN(CCO)CCO. The van der Waals surface area contributed by atoms with Crippen molar-refractivity contribution in [3.8, 4) is 0 Å². The molecule has 0 aliphatic heterocycles. The molecule has 0 aromatic carbocycles. The van der Waals surface area contributed by atoms with Crippen LogP contribution in [0.4, 0.5) is 0 Å². The normalized spacial score (nSPS) is 16.4. The Kier molecular flexibility index (Phi) is 22.7. The highest BCUT2D eigenvalue weighted by Gasteiger charge is 2.30. The number of nitrogens with zero attached hydrogens (tertiary/aromatic N) is 1. The molecule has 3 atom stereocenters. The molecule has 0 radical (unpaired) electrons. The van der Waals surface area contributed by atoms with Crippen LogP contribution in [0.15, 0.2) is 0 Å². The fraction of sp³-hybridized carbons (Fsp3) is 1.00. The Balaban J connectivity index is 0. The van der Waals surface area contributed by atoms with E-state index < -0.39 is 18.3 Å². The van der Waals surface area contributed by atoms with Gasteiger partial charge in [-0.1, -0.05) is 6.92 Å². The van der Waals surface area contributed by atoms with Crippen LogP contribution in [0.25, 0.3) is 0 Å². The van der Waals surface area contributed by atoms with Crippen molar-refractivity contribution < 1.29 is 44.8 Å². The van der Waals surface area contributed by atoms with Crippen LogP contribution in [0.1, 0.15) is 34.1 Å². The third-order valence-corrected chi connectivity index (χ3v) is 4.30. The Bertz CT molecular complexity index is 320. The van der Waals surface area contributed by atoms with Crippen LogP contribution in [0, 0.1) is 5.41 Å². The van der Waals surface area contributed by atoms with E-state index in [-0.39, 0.29) is 45.1 Å². The van der Waals surface area contributed by atoms with Crippen LogP contribution in [-0.4, -0.2) is 133 Å². The molecule has 0 bridgehead atoms. The van der Waals surface area contributed by atoms with Crippen LogP contribution < -0.4 is 0 Å². The number of ether oxygens (including phenoxy) is 3. The van der Waals surface area contributed by atoms with Gasteiger partial charge in [0.2, 0.25) is 0 Å². The molecule has 6 N–H and O–H groups in total. The minimum atomic E-state index is -0.517. The number of aliphatic hydroxyl groups is 6. The van der Waals surface area contributed by atoms with Crippen LogP contribution in [0.3, 0.4) is 0 Å². The number of hydrogen-bond acceptors (Lipinski definition) is 10. The molecule has 3 unspecified atom stereocenters. The molecule has 0 rings (SSSR count). The van der Waals surface area contributed by atoms with Gasteiger partial charge in [0.05, 0.1) is 77.8 Å². The zero-order valence-electron chi connectivity index (χ0n) is 19.8. The van der Waals surface area contributed by atoms with E-state index in [1.807, 2.05) is 6.92 Å². The van der Waals surface area contributed by atoms with Crippen LogP contribution in [0.5, 0.6) is 0 Å². The van der Waals surface area contributed by atoms with Gasteiger partial charge in [0, 0.05) is 25.0 Å². The van der Waals surface area contributed by atoms with Gasteiger partial charge in [-0.25, -0.2) is 0 Å². The van der Waals surface area contributed by atoms with Gasteiger partial charge in [0.15, 0.2) is 0 Å². The van der Waals surface area contributed by atoms with Crippen molar-refractivity contribution in [3.63, 3.8) is 0 Å². The summed E-state index contributed by atoms with van der Waals surface area (Å²) in [5.74, 6) is 0. The van der Waals surface area contributed by atoms with Gasteiger partial charge in [-0.2, -0.15) is 0 Å². The first-order valence-corrected chi connectivity index (χ1v) is 11.0. The molecule has 0 aromatic heterocycles. The maximum absolute atomic E-state index is 9.27. The maximum atomic E-state index is 9.27. The van der Waals surface area contributed by atoms with Gasteiger partial charge in [-0.15, -0.1) is 0 Å². The molecule has 0 saturated heterocycles. The molecule has 0 amide bonds. The lowest BCUT2D eigenvalue weighted by Gasteiger charge is -2.32. The smallest absolute Gasteiger partial charge is 0.0745 e. The summed E-state index contributed by atoms with van der Waals surface area (Å²) >= 11 is 0. The Morgan fingerprint density at radius 3 is 1.13 bits per heavy atom. The van der Waals surface area contributed by atoms with Crippen LogP contribution >= 0.6 is 0 Å². The topological polar surface area (TPSA) is 152 Å². The second-order valence-corrected chi connectivity index (χ2v) is 7.96. The predicted octanol–water partition coefficient (Wildman–Crippen LogP) is -1.16. The molecule has 190 valence electrons. The maximum Gasteiger partial charge on any atom is 0.0745 e.